The molecule has 2 atom stereocenters. The van der Waals surface area contributed by atoms with Crippen LogP contribution in [-0.4, -0.2) is 53.4 Å². The van der Waals surface area contributed by atoms with E-state index in [2.05, 4.69) is 11.4 Å². The molecule has 1 fully saturated rings. The third kappa shape index (κ3) is 4.85. The molecule has 0 bridgehead atoms. The number of carbonyl (C=O) groups is 1. The number of amides is 1. The van der Waals surface area contributed by atoms with Gasteiger partial charge < -0.3 is 10.4 Å². The number of hydrogen-bond acceptors (Lipinski definition) is 4. The molecule has 126 valence electrons. The lowest BCUT2D eigenvalue weighted by atomic mass is 9.82. The number of nitrogens with zero attached hydrogens (tertiary/aromatic N) is 2. The number of aliphatic hydroxyl groups is 1. The van der Waals surface area contributed by atoms with Crippen LogP contribution in [0.15, 0.2) is 0 Å². The van der Waals surface area contributed by atoms with E-state index in [1.807, 2.05) is 0 Å². The first-order valence-electron chi connectivity index (χ1n) is 7.29. The lowest BCUT2D eigenvalue weighted by molar-refractivity contribution is -0.208. The molecule has 0 heterocycles. The van der Waals surface area contributed by atoms with Crippen molar-refractivity contribution in [3.05, 3.63) is 0 Å². The molecule has 1 rings (SSSR count). The molecule has 2 unspecified atom stereocenters. The number of nitrogens with one attached hydrogen (secondary N) is 1. The molecule has 0 spiro atoms. The van der Waals surface area contributed by atoms with E-state index in [4.69, 9.17) is 5.11 Å². The van der Waals surface area contributed by atoms with Gasteiger partial charge in [0.2, 0.25) is 5.91 Å². The third-order valence-electron chi connectivity index (χ3n) is 4.16. The summed E-state index contributed by atoms with van der Waals surface area (Å²) in [7, 11) is 1.33. The van der Waals surface area contributed by atoms with Crippen molar-refractivity contribution in [2.75, 3.05) is 13.6 Å². The number of likely N-dealkylation sites (N-methyl/N-ethyl adjacent to an activating group) is 1. The van der Waals surface area contributed by atoms with E-state index in [1.54, 1.807) is 0 Å². The van der Waals surface area contributed by atoms with E-state index in [0.29, 0.717) is 12.8 Å². The standard InChI is InChI=1S/C14H22F3N3O2/c1-10(20(2)8-11(21)14(15,16)17)12(22)19-13(9-18)6-4-3-5-7-13/h10-11,21H,3-8H2,1-2H3,(H,19,22). The maximum atomic E-state index is 12.3. The van der Waals surface area contributed by atoms with Gasteiger partial charge in [0.05, 0.1) is 12.1 Å². The van der Waals surface area contributed by atoms with Crippen molar-refractivity contribution in [1.82, 2.24) is 10.2 Å². The summed E-state index contributed by atoms with van der Waals surface area (Å²) in [6.45, 7) is 0.754. The summed E-state index contributed by atoms with van der Waals surface area (Å²) in [5, 5.41) is 21.0. The minimum Gasteiger partial charge on any atom is -0.382 e. The first-order valence-corrected chi connectivity index (χ1v) is 7.29. The van der Waals surface area contributed by atoms with Crippen LogP contribution in [0.5, 0.6) is 0 Å². The van der Waals surface area contributed by atoms with Crippen molar-refractivity contribution in [2.24, 2.45) is 0 Å². The highest BCUT2D eigenvalue weighted by Gasteiger charge is 2.40. The molecule has 5 nitrogen and oxygen atoms in total. The molecule has 1 saturated carbocycles. The monoisotopic (exact) mass is 321 g/mol. The Labute approximate surface area is 128 Å². The van der Waals surface area contributed by atoms with Crippen molar-refractivity contribution in [1.29, 1.82) is 5.26 Å². The Morgan fingerprint density at radius 2 is 1.95 bits per heavy atom. The fourth-order valence-electron chi connectivity index (χ4n) is 2.49. The third-order valence-corrected chi connectivity index (χ3v) is 4.16. The van der Waals surface area contributed by atoms with Gasteiger partial charge in [-0.2, -0.15) is 18.4 Å². The summed E-state index contributed by atoms with van der Waals surface area (Å²) in [6, 6.07) is 1.26. The summed E-state index contributed by atoms with van der Waals surface area (Å²) in [6.07, 6.45) is -3.44. The Kier molecular flexibility index (Phi) is 6.20. The van der Waals surface area contributed by atoms with Gasteiger partial charge in [-0.25, -0.2) is 0 Å². The van der Waals surface area contributed by atoms with Crippen LogP contribution in [0, 0.1) is 11.3 Å². The molecule has 1 aliphatic rings. The highest BCUT2D eigenvalue weighted by molar-refractivity contribution is 5.82. The zero-order valence-corrected chi connectivity index (χ0v) is 12.8. The molecule has 0 radical (unpaired) electrons. The quantitative estimate of drug-likeness (QED) is 0.806. The van der Waals surface area contributed by atoms with Crippen molar-refractivity contribution in [3.63, 3.8) is 0 Å². The summed E-state index contributed by atoms with van der Waals surface area (Å²) in [4.78, 5) is 13.3. The molecule has 1 aliphatic carbocycles. The number of nitriles is 1. The van der Waals surface area contributed by atoms with Crippen LogP contribution in [0.2, 0.25) is 0 Å². The number of rotatable bonds is 5. The molecule has 0 aromatic heterocycles. The molecule has 0 aromatic rings. The smallest absolute Gasteiger partial charge is 0.382 e. The predicted octanol–water partition coefficient (Wildman–Crippen LogP) is 1.57. The number of hydrogen-bond donors (Lipinski definition) is 2. The van der Waals surface area contributed by atoms with Crippen LogP contribution in [0.4, 0.5) is 13.2 Å². The Bertz CT molecular complexity index is 428. The van der Waals surface area contributed by atoms with Gasteiger partial charge in [-0.3, -0.25) is 9.69 Å². The van der Waals surface area contributed by atoms with Gasteiger partial charge in [0.25, 0.3) is 0 Å². The fourth-order valence-corrected chi connectivity index (χ4v) is 2.49. The summed E-state index contributed by atoms with van der Waals surface area (Å²) >= 11 is 0. The molecular weight excluding hydrogens is 299 g/mol. The molecule has 2 N–H and O–H groups in total. The van der Waals surface area contributed by atoms with Gasteiger partial charge in [0.15, 0.2) is 6.10 Å². The Morgan fingerprint density at radius 3 is 2.41 bits per heavy atom. The average molecular weight is 321 g/mol. The van der Waals surface area contributed by atoms with Crippen molar-refractivity contribution in [3.8, 4) is 6.07 Å². The number of aliphatic hydroxyl groups excluding tert-OH is 1. The largest absolute Gasteiger partial charge is 0.415 e. The summed E-state index contributed by atoms with van der Waals surface area (Å²) in [5.74, 6) is -0.500. The second kappa shape index (κ2) is 7.29. The zero-order chi connectivity index (χ0) is 17.0. The first kappa shape index (κ1) is 18.7. The minimum absolute atomic E-state index is 0.500. The SMILES string of the molecule is CC(C(=O)NC1(C#N)CCCCC1)N(C)CC(O)C(F)(F)F. The van der Waals surface area contributed by atoms with Gasteiger partial charge in [0, 0.05) is 6.54 Å². The van der Waals surface area contributed by atoms with Crippen molar-refractivity contribution >= 4 is 5.91 Å². The number of carbonyl (C=O) groups excluding carboxylic acids is 1. The normalized spacial score (nSPS) is 21.0. The van der Waals surface area contributed by atoms with Crippen molar-refractivity contribution < 1.29 is 23.1 Å². The van der Waals surface area contributed by atoms with Crippen molar-refractivity contribution in [2.45, 2.75) is 62.9 Å². The minimum atomic E-state index is -4.72. The summed E-state index contributed by atoms with van der Waals surface area (Å²) < 4.78 is 37.0. The van der Waals surface area contributed by atoms with E-state index in [-0.39, 0.29) is 0 Å². The molecule has 22 heavy (non-hydrogen) atoms. The Hall–Kier alpha value is -1.33. The second-order valence-corrected chi connectivity index (χ2v) is 5.92. The van der Waals surface area contributed by atoms with E-state index < -0.39 is 36.3 Å². The fraction of sp³-hybridized carbons (Fsp3) is 0.857. The van der Waals surface area contributed by atoms with Gasteiger partial charge in [-0.15, -0.1) is 0 Å². The Morgan fingerprint density at radius 1 is 1.41 bits per heavy atom. The maximum absolute atomic E-state index is 12.3. The van der Waals surface area contributed by atoms with E-state index in [9.17, 15) is 23.2 Å². The maximum Gasteiger partial charge on any atom is 0.415 e. The van der Waals surface area contributed by atoms with Gasteiger partial charge in [0.1, 0.15) is 5.54 Å². The molecule has 0 saturated heterocycles. The lowest BCUT2D eigenvalue weighted by Crippen LogP contribution is -2.55. The number of alkyl halides is 3. The van der Waals surface area contributed by atoms with E-state index >= 15 is 0 Å². The van der Waals surface area contributed by atoms with Gasteiger partial charge in [-0.05, 0) is 26.8 Å². The molecule has 0 aromatic carbocycles. The highest BCUT2D eigenvalue weighted by atomic mass is 19.4. The molecule has 0 aliphatic heterocycles. The lowest BCUT2D eigenvalue weighted by Gasteiger charge is -2.34. The van der Waals surface area contributed by atoms with Crippen LogP contribution in [0.1, 0.15) is 39.0 Å². The van der Waals surface area contributed by atoms with Crippen LogP contribution < -0.4 is 5.32 Å². The van der Waals surface area contributed by atoms with Gasteiger partial charge >= 0.3 is 6.18 Å². The van der Waals surface area contributed by atoms with Crippen LogP contribution in [0.25, 0.3) is 0 Å². The van der Waals surface area contributed by atoms with E-state index in [1.165, 1.54) is 14.0 Å². The average Bonchev–Trinajstić information content (AvgIpc) is 2.46. The number of halogens is 3. The topological polar surface area (TPSA) is 76.4 Å². The molecular formula is C14H22F3N3O2. The second-order valence-electron chi connectivity index (χ2n) is 5.92. The predicted molar refractivity (Wildman–Crippen MR) is 73.7 cm³/mol. The molecule has 8 heteroatoms. The zero-order valence-electron chi connectivity index (χ0n) is 12.8. The van der Waals surface area contributed by atoms with Crippen LogP contribution in [0.3, 0.4) is 0 Å². The van der Waals surface area contributed by atoms with E-state index in [0.717, 1.165) is 24.2 Å². The van der Waals surface area contributed by atoms with Crippen LogP contribution >= 0.6 is 0 Å². The molecule has 1 amide bonds. The highest BCUT2D eigenvalue weighted by Crippen LogP contribution is 2.28. The van der Waals surface area contributed by atoms with Crippen LogP contribution in [-0.2, 0) is 4.79 Å². The van der Waals surface area contributed by atoms with Gasteiger partial charge in [-0.1, -0.05) is 19.3 Å². The summed E-state index contributed by atoms with van der Waals surface area (Å²) in [5.41, 5.74) is -0.924. The first-order chi connectivity index (χ1) is 10.1. The Balaban J connectivity index is 2.62.